The molecule has 4 aromatic carbocycles. The minimum atomic E-state index is 0.330. The fourth-order valence-electron chi connectivity index (χ4n) is 11.8. The number of benzene rings is 4. The van der Waals surface area contributed by atoms with Crippen molar-refractivity contribution in [1.29, 1.82) is 0 Å². The molecule has 3 aliphatic carbocycles. The number of aromatic nitrogens is 1. The van der Waals surface area contributed by atoms with Gasteiger partial charge in [0.1, 0.15) is 0 Å². The topological polar surface area (TPSA) is 8.17 Å². The van der Waals surface area contributed by atoms with E-state index >= 15 is 0 Å². The second-order valence-electron chi connectivity index (χ2n) is 16.8. The van der Waals surface area contributed by atoms with Crippen molar-refractivity contribution in [2.24, 2.45) is 5.41 Å². The van der Waals surface area contributed by atoms with E-state index in [2.05, 4.69) is 110 Å². The summed E-state index contributed by atoms with van der Waals surface area (Å²) in [5.41, 5.74) is 20.9. The fourth-order valence-corrected chi connectivity index (χ4v) is 11.8. The zero-order chi connectivity index (χ0) is 32.1. The van der Waals surface area contributed by atoms with E-state index in [0.29, 0.717) is 29.9 Å². The van der Waals surface area contributed by atoms with Crippen molar-refractivity contribution in [3.8, 4) is 5.69 Å². The Labute approximate surface area is 285 Å². The zero-order valence-corrected chi connectivity index (χ0v) is 29.0. The number of nitrogens with zero attached hydrogens (tertiary/aromatic N) is 2. The van der Waals surface area contributed by atoms with Crippen molar-refractivity contribution in [1.82, 2.24) is 4.57 Å². The van der Waals surface area contributed by atoms with Crippen LogP contribution in [0.25, 0.3) is 33.1 Å². The van der Waals surface area contributed by atoms with Gasteiger partial charge in [-0.3, -0.25) is 0 Å². The summed E-state index contributed by atoms with van der Waals surface area (Å²) in [5.74, 6) is 1.02. The molecule has 4 heterocycles. The van der Waals surface area contributed by atoms with Gasteiger partial charge in [0.15, 0.2) is 0 Å². The summed E-state index contributed by atoms with van der Waals surface area (Å²) < 4.78 is 2.70. The Hall–Kier alpha value is -3.98. The first-order chi connectivity index (χ1) is 23.4. The average Bonchev–Trinajstić information content (AvgIpc) is 3.57. The van der Waals surface area contributed by atoms with E-state index in [9.17, 15) is 0 Å². The SMILES string of the molecule is CC1=CC2B3c4c(cc(C5CCC6(CCCCC6)CC5)cc4-n4c5ccc(C)cc5c5cc(C)cc3c54)N3c4ccc(C)cc4C(=C1)C23. The molecule has 0 N–H and O–H groups in total. The van der Waals surface area contributed by atoms with E-state index in [4.69, 9.17) is 0 Å². The maximum Gasteiger partial charge on any atom is 0.226 e. The summed E-state index contributed by atoms with van der Waals surface area (Å²) >= 11 is 0. The molecule has 1 aromatic heterocycles. The van der Waals surface area contributed by atoms with Gasteiger partial charge in [0.2, 0.25) is 6.71 Å². The molecule has 48 heavy (non-hydrogen) atoms. The summed E-state index contributed by atoms with van der Waals surface area (Å²) in [6, 6.07) is 25.1. The van der Waals surface area contributed by atoms with Gasteiger partial charge in [-0.25, -0.2) is 0 Å². The van der Waals surface area contributed by atoms with Crippen molar-refractivity contribution >= 4 is 56.4 Å². The molecule has 3 heteroatoms. The van der Waals surface area contributed by atoms with Gasteiger partial charge in [-0.15, -0.1) is 0 Å². The lowest BCUT2D eigenvalue weighted by Gasteiger charge is -2.47. The van der Waals surface area contributed by atoms with Crippen LogP contribution in [0.4, 0.5) is 11.4 Å². The first-order valence-electron chi connectivity index (χ1n) is 18.9. The van der Waals surface area contributed by atoms with Crippen molar-refractivity contribution in [3.63, 3.8) is 0 Å². The third-order valence-corrected chi connectivity index (χ3v) is 13.8. The maximum atomic E-state index is 2.80. The highest BCUT2D eigenvalue weighted by Gasteiger charge is 2.53. The summed E-state index contributed by atoms with van der Waals surface area (Å²) in [4.78, 5) is 2.80. The molecule has 0 bridgehead atoms. The average molecular weight is 625 g/mol. The van der Waals surface area contributed by atoms with Crippen molar-refractivity contribution in [2.75, 3.05) is 4.90 Å². The first kappa shape index (κ1) is 27.9. The van der Waals surface area contributed by atoms with Gasteiger partial charge >= 0.3 is 0 Å². The van der Waals surface area contributed by atoms with Crippen LogP contribution < -0.4 is 15.8 Å². The molecule has 0 amide bonds. The van der Waals surface area contributed by atoms with Gasteiger partial charge in [-0.05, 0) is 148 Å². The molecule has 2 fully saturated rings. The second kappa shape index (κ2) is 9.59. The van der Waals surface area contributed by atoms with Gasteiger partial charge < -0.3 is 9.47 Å². The minimum absolute atomic E-state index is 0.330. The van der Waals surface area contributed by atoms with Crippen LogP contribution in [0.2, 0.25) is 5.82 Å². The molecule has 3 aliphatic heterocycles. The Kier molecular flexibility index (Phi) is 5.58. The molecule has 2 saturated carbocycles. The number of hydrogen-bond acceptors (Lipinski definition) is 1. The van der Waals surface area contributed by atoms with Gasteiger partial charge in [0.05, 0.1) is 11.6 Å². The molecule has 2 unspecified atom stereocenters. The molecule has 11 rings (SSSR count). The summed E-state index contributed by atoms with van der Waals surface area (Å²) in [6.45, 7) is 9.48. The molecule has 2 atom stereocenters. The number of fused-ring (bicyclic) bond motifs is 10. The number of hydrogen-bond donors (Lipinski definition) is 0. The molecule has 6 aliphatic rings. The van der Waals surface area contributed by atoms with Gasteiger partial charge in [0.25, 0.3) is 0 Å². The van der Waals surface area contributed by atoms with Crippen LogP contribution in [0.1, 0.15) is 98.4 Å². The van der Waals surface area contributed by atoms with E-state index in [1.807, 2.05) is 0 Å². The lowest BCUT2D eigenvalue weighted by molar-refractivity contribution is 0.114. The predicted molar refractivity (Wildman–Crippen MR) is 205 cm³/mol. The van der Waals surface area contributed by atoms with Gasteiger partial charge in [0, 0.05) is 38.9 Å². The van der Waals surface area contributed by atoms with Crippen LogP contribution in [0.5, 0.6) is 0 Å². The Bertz CT molecular complexity index is 2300. The van der Waals surface area contributed by atoms with Gasteiger partial charge in [-0.1, -0.05) is 71.9 Å². The highest BCUT2D eigenvalue weighted by atomic mass is 15.2. The van der Waals surface area contributed by atoms with E-state index < -0.39 is 0 Å². The number of aryl methyl sites for hydroxylation is 3. The van der Waals surface area contributed by atoms with Crippen molar-refractivity contribution in [2.45, 2.75) is 103 Å². The lowest BCUT2D eigenvalue weighted by atomic mass is 9.29. The molecule has 0 radical (unpaired) electrons. The Balaban J connectivity index is 1.21. The van der Waals surface area contributed by atoms with E-state index in [1.54, 1.807) is 11.0 Å². The Morgan fingerprint density at radius 1 is 0.708 bits per heavy atom. The standard InChI is InChI=1S/C45H45BN2/c1-26-8-10-38-32(18-26)34-20-28(3)22-36-43(34)47(38)40-24-31(30-12-16-45(17-13-30)14-6-5-7-15-45)25-41-42(40)46(36)37-23-29(4)21-35-33-19-27(2)9-11-39(33)48(41)44(35)37/h8-11,18-25,30,36,43H,5-7,12-17H2,1-4H3. The van der Waals surface area contributed by atoms with Crippen LogP contribution >= 0.6 is 0 Å². The van der Waals surface area contributed by atoms with Gasteiger partial charge in [-0.2, -0.15) is 0 Å². The molecule has 238 valence electrons. The second-order valence-corrected chi connectivity index (χ2v) is 16.8. The van der Waals surface area contributed by atoms with Crippen LogP contribution in [0.15, 0.2) is 78.4 Å². The highest BCUT2D eigenvalue weighted by molar-refractivity contribution is 6.91. The van der Waals surface area contributed by atoms with E-state index in [-0.39, 0.29) is 0 Å². The van der Waals surface area contributed by atoms with Crippen molar-refractivity contribution in [3.05, 3.63) is 106 Å². The quantitative estimate of drug-likeness (QED) is 0.169. The van der Waals surface area contributed by atoms with Crippen LogP contribution in [0, 0.1) is 26.2 Å². The van der Waals surface area contributed by atoms with Crippen LogP contribution in [-0.2, 0) is 0 Å². The normalized spacial score (nSPS) is 23.3. The summed E-state index contributed by atoms with van der Waals surface area (Å²) in [7, 11) is 0. The Morgan fingerprint density at radius 3 is 2.29 bits per heavy atom. The fraction of sp³-hybridized carbons (Fsp3) is 0.378. The predicted octanol–water partition coefficient (Wildman–Crippen LogP) is 10.5. The van der Waals surface area contributed by atoms with Crippen LogP contribution in [-0.4, -0.2) is 17.3 Å². The third kappa shape index (κ3) is 3.61. The first-order valence-corrected chi connectivity index (χ1v) is 18.9. The van der Waals surface area contributed by atoms with E-state index in [0.717, 1.165) is 0 Å². The molecular formula is C45H45BN2. The van der Waals surface area contributed by atoms with Crippen molar-refractivity contribution < 1.29 is 0 Å². The lowest BCUT2D eigenvalue weighted by Crippen LogP contribution is -2.60. The molecule has 1 spiro atoms. The van der Waals surface area contributed by atoms with E-state index in [1.165, 1.54) is 136 Å². The minimum Gasteiger partial charge on any atom is -0.334 e. The zero-order valence-electron chi connectivity index (χ0n) is 29.0. The number of allylic oxidation sites excluding steroid dienone is 2. The number of rotatable bonds is 1. The molecule has 0 saturated heterocycles. The largest absolute Gasteiger partial charge is 0.334 e. The smallest absolute Gasteiger partial charge is 0.226 e. The summed E-state index contributed by atoms with van der Waals surface area (Å²) in [5, 5.41) is 2.83. The summed E-state index contributed by atoms with van der Waals surface area (Å²) in [6.07, 6.45) is 17.9. The molecular weight excluding hydrogens is 579 g/mol. The number of anilines is 2. The third-order valence-electron chi connectivity index (χ3n) is 13.8. The maximum absolute atomic E-state index is 2.80. The molecule has 2 nitrogen and oxygen atoms in total. The van der Waals surface area contributed by atoms with Crippen LogP contribution in [0.3, 0.4) is 0 Å². The highest BCUT2D eigenvalue weighted by Crippen LogP contribution is 2.57. The monoisotopic (exact) mass is 624 g/mol. The Morgan fingerprint density at radius 2 is 1.46 bits per heavy atom. The molecule has 5 aromatic rings.